The average molecular weight is 1450 g/mol. The highest BCUT2D eigenvalue weighted by atomic mass is 19.2. The van der Waals surface area contributed by atoms with Crippen LogP contribution in [-0.4, -0.2) is 20.1 Å². The molecule has 0 saturated carbocycles. The lowest BCUT2D eigenvalue weighted by molar-refractivity contribution is 0.380. The van der Waals surface area contributed by atoms with Gasteiger partial charge in [-0.15, -0.1) is 0 Å². The van der Waals surface area contributed by atoms with E-state index in [-0.39, 0.29) is 0 Å². The smallest absolute Gasteiger partial charge is 0.265 e. The summed E-state index contributed by atoms with van der Waals surface area (Å²) in [6, 6.07) is 4.90. The van der Waals surface area contributed by atoms with Crippen LogP contribution in [0.15, 0.2) is 12.1 Å². The van der Waals surface area contributed by atoms with Gasteiger partial charge in [-0.1, -0.05) is 117 Å². The van der Waals surface area contributed by atoms with Crippen molar-refractivity contribution < 1.29 is 132 Å². The maximum atomic E-state index is 14.4. The van der Waals surface area contributed by atoms with Gasteiger partial charge in [0.15, 0.2) is 175 Å². The zero-order valence-electron chi connectivity index (χ0n) is 51.5. The predicted molar refractivity (Wildman–Crippen MR) is 307 cm³/mol. The molecule has 0 unspecified atom stereocenters. The van der Waals surface area contributed by atoms with Gasteiger partial charge in [0.1, 0.15) is 0 Å². The fraction of sp³-hybridized carbons (Fsp3) is 0.354. The highest BCUT2D eigenvalue weighted by Gasteiger charge is 2.47. The molecule has 0 amide bonds. The summed E-state index contributed by atoms with van der Waals surface area (Å²) in [5.41, 5.74) is -10.2. The number of benzene rings is 7. The third-order valence-electron chi connectivity index (χ3n) is 16.2. The summed E-state index contributed by atoms with van der Waals surface area (Å²) in [5.74, 6) is -90.4. The average Bonchev–Trinajstić information content (AvgIpc) is 1.73. The molecule has 1 aliphatic rings. The number of fused-ring (bicyclic) bond motifs is 1. The van der Waals surface area contributed by atoms with Gasteiger partial charge in [-0.05, 0) is 48.9 Å². The first-order chi connectivity index (χ1) is 46.7. The number of halogens is 30. The van der Waals surface area contributed by atoms with Crippen molar-refractivity contribution in [2.24, 2.45) is 0 Å². The Morgan fingerprint density at radius 2 is 0.354 bits per heavy atom. The highest BCUT2D eigenvalue weighted by Crippen LogP contribution is 2.33. The van der Waals surface area contributed by atoms with Crippen LogP contribution < -0.4 is 43.4 Å². The lowest BCUT2D eigenvalue weighted by Crippen LogP contribution is -2.60. The van der Waals surface area contributed by atoms with Crippen LogP contribution in [0.2, 0.25) is 0 Å². The molecular formula is C65H52B2F30N2. The molecule has 0 bridgehead atoms. The van der Waals surface area contributed by atoms with E-state index < -0.39 is 221 Å². The fourth-order valence-electron chi connectivity index (χ4n) is 11.1. The van der Waals surface area contributed by atoms with E-state index in [1.54, 1.807) is 11.1 Å². The van der Waals surface area contributed by atoms with E-state index in [4.69, 9.17) is 0 Å². The summed E-state index contributed by atoms with van der Waals surface area (Å²) in [7, 11) is 0. The summed E-state index contributed by atoms with van der Waals surface area (Å²) in [6.07, 6.45) is 27.9. The van der Waals surface area contributed by atoms with E-state index >= 15 is 0 Å². The van der Waals surface area contributed by atoms with Crippen molar-refractivity contribution in [3.8, 4) is 0 Å². The van der Waals surface area contributed by atoms with Crippen LogP contribution >= 0.6 is 0 Å². The van der Waals surface area contributed by atoms with Gasteiger partial charge in [0.25, 0.3) is 13.4 Å². The Morgan fingerprint density at radius 1 is 0.212 bits per heavy atom. The molecule has 2 N–H and O–H groups in total. The van der Waals surface area contributed by atoms with Gasteiger partial charge in [-0.2, -0.15) is 0 Å². The molecule has 0 fully saturated rings. The summed E-state index contributed by atoms with van der Waals surface area (Å²) in [5, 5.41) is 6.99. The molecule has 1 aliphatic heterocycles. The van der Waals surface area contributed by atoms with Crippen molar-refractivity contribution >= 4 is 57.6 Å². The maximum Gasteiger partial charge on any atom is 0.265 e. The number of hydrogen-bond acceptors (Lipinski definition) is 2. The van der Waals surface area contributed by atoms with Crippen molar-refractivity contribution in [1.82, 2.24) is 0 Å². The molecule has 7 aromatic carbocycles. The van der Waals surface area contributed by atoms with Gasteiger partial charge in [0, 0.05) is 32.8 Å². The molecule has 2 nitrogen and oxygen atoms in total. The zero-order valence-corrected chi connectivity index (χ0v) is 51.5. The lowest BCUT2D eigenvalue weighted by atomic mass is 9.36. The van der Waals surface area contributed by atoms with Gasteiger partial charge in [0.2, 0.25) is 0 Å². The van der Waals surface area contributed by atoms with Crippen molar-refractivity contribution in [2.45, 2.75) is 142 Å². The Labute approximate surface area is 545 Å². The first-order valence-electron chi connectivity index (χ1n) is 30.4. The summed E-state index contributed by atoms with van der Waals surface area (Å²) in [4.78, 5) is 0. The second-order valence-corrected chi connectivity index (χ2v) is 22.6. The monoisotopic (exact) mass is 1450 g/mol. The van der Waals surface area contributed by atoms with Crippen LogP contribution in [0.25, 0.3) is 0 Å². The topological polar surface area (TPSA) is 24.1 Å². The van der Waals surface area contributed by atoms with E-state index in [1.807, 2.05) is 0 Å². The molecule has 0 aromatic heterocycles. The van der Waals surface area contributed by atoms with Gasteiger partial charge in [-0.3, -0.25) is 0 Å². The fourth-order valence-corrected chi connectivity index (χ4v) is 11.1. The van der Waals surface area contributed by atoms with Gasteiger partial charge < -0.3 is 10.6 Å². The minimum Gasteiger partial charge on any atom is -0.366 e. The van der Waals surface area contributed by atoms with Crippen molar-refractivity contribution in [1.29, 1.82) is 0 Å². The van der Waals surface area contributed by atoms with Crippen LogP contribution in [0, 0.1) is 175 Å². The summed E-state index contributed by atoms with van der Waals surface area (Å²) < 4.78 is 417. The maximum absolute atomic E-state index is 14.4. The molecule has 0 radical (unpaired) electrons. The molecule has 0 aliphatic carbocycles. The van der Waals surface area contributed by atoms with Crippen LogP contribution in [0.4, 0.5) is 143 Å². The minimum absolute atomic E-state index is 0.883. The van der Waals surface area contributed by atoms with E-state index in [0.29, 0.717) is 0 Å². The summed E-state index contributed by atoms with van der Waals surface area (Å²) in [6.45, 7) is -2.44. The molecule has 0 atom stereocenters. The van der Waals surface area contributed by atoms with Crippen LogP contribution in [-0.2, 0) is 12.8 Å². The SMILES string of the molecule is CCCCCCCCCCCc1cc2c(cc1CCCCCCCCCCC)NCN2.Fc1c(F)c(F)c(B(c2c(F)c(F)c(F)c(F)c2F)c2c(F)c(F)c(F)c(F)c2F)c(F)c1F.Fc1c(F)c(F)c(B(c2c(F)c(F)c(F)c(F)c2F)c2c(F)c(F)c(F)c(F)c2F)c(F)c1F. The normalized spacial score (nSPS) is 11.8. The van der Waals surface area contributed by atoms with E-state index in [9.17, 15) is 132 Å². The van der Waals surface area contributed by atoms with Crippen molar-refractivity contribution in [2.75, 3.05) is 17.3 Å². The van der Waals surface area contributed by atoms with E-state index in [0.717, 1.165) is 6.67 Å². The third kappa shape index (κ3) is 16.8. The molecular weight excluding hydrogens is 1400 g/mol. The molecule has 0 spiro atoms. The van der Waals surface area contributed by atoms with Crippen LogP contribution in [0.3, 0.4) is 0 Å². The zero-order chi connectivity index (χ0) is 73.9. The van der Waals surface area contributed by atoms with Gasteiger partial charge in [-0.25, -0.2) is 132 Å². The lowest BCUT2D eigenvalue weighted by Gasteiger charge is -2.21. The molecule has 1 heterocycles. The van der Waals surface area contributed by atoms with E-state index in [1.165, 1.54) is 140 Å². The Hall–Kier alpha value is -7.83. The first-order valence-corrected chi connectivity index (χ1v) is 30.4. The number of rotatable bonds is 26. The number of unbranched alkanes of at least 4 members (excludes halogenated alkanes) is 16. The number of nitrogens with one attached hydrogen (secondary N) is 2. The highest BCUT2D eigenvalue weighted by molar-refractivity contribution is 6.96. The molecule has 34 heteroatoms. The molecule has 8 rings (SSSR count). The molecule has 0 saturated heterocycles. The molecule has 7 aromatic rings. The second kappa shape index (κ2) is 35.0. The summed E-state index contributed by atoms with van der Waals surface area (Å²) >= 11 is 0. The Morgan fingerprint density at radius 3 is 0.515 bits per heavy atom. The third-order valence-corrected chi connectivity index (χ3v) is 16.2. The minimum atomic E-state index is -3.96. The van der Waals surface area contributed by atoms with E-state index in [2.05, 4.69) is 36.6 Å². The second-order valence-electron chi connectivity index (χ2n) is 22.6. The largest absolute Gasteiger partial charge is 0.366 e. The van der Waals surface area contributed by atoms with Crippen LogP contribution in [0.1, 0.15) is 141 Å². The van der Waals surface area contributed by atoms with Crippen molar-refractivity contribution in [3.63, 3.8) is 0 Å². The Bertz CT molecular complexity index is 3350. The van der Waals surface area contributed by atoms with Crippen molar-refractivity contribution in [3.05, 3.63) is 198 Å². The Kier molecular flexibility index (Phi) is 28.3. The number of hydrogen-bond donors (Lipinski definition) is 2. The standard InChI is InChI=1S/C29H52N2.2C18BF15/c1-3-5-7-9-11-13-15-17-19-21-26-23-28-29(31-25-30-28)24-27(26)22-20-18-16-14-12-10-8-6-4-2;2*20-4-1(5(21)11(27)16(32)10(4)26)19(2-6(22)12(28)17(33)13(29)7(2)23)3-8(24)14(30)18(34)15(31)9(3)25/h23-24,30-31H,3-22,25H2,1-2H3;;. The van der Waals surface area contributed by atoms with Crippen LogP contribution in [0.5, 0.6) is 0 Å². The van der Waals surface area contributed by atoms with Gasteiger partial charge in [0.05, 0.1) is 18.0 Å². The predicted octanol–water partition coefficient (Wildman–Crippen LogP) is 18.2. The molecule has 538 valence electrons. The number of anilines is 2. The quantitative estimate of drug-likeness (QED) is 0.0186. The number of aryl methyl sites for hydroxylation is 2. The van der Waals surface area contributed by atoms with Gasteiger partial charge >= 0.3 is 0 Å². The first kappa shape index (κ1) is 80.1. The Balaban J connectivity index is 0.000000234. The molecule has 99 heavy (non-hydrogen) atoms.